The lowest BCUT2D eigenvalue weighted by Crippen LogP contribution is -2.55. The van der Waals surface area contributed by atoms with E-state index in [1.165, 1.54) is 12.3 Å². The summed E-state index contributed by atoms with van der Waals surface area (Å²) in [6, 6.07) is 2.90. The van der Waals surface area contributed by atoms with E-state index in [0.29, 0.717) is 6.54 Å². The Kier molecular flexibility index (Phi) is 4.57. The first-order valence-electron chi connectivity index (χ1n) is 7.09. The van der Waals surface area contributed by atoms with Gasteiger partial charge in [0.25, 0.3) is 0 Å². The number of carbonyl (C=O) groups is 2. The number of pyridine rings is 1. The Balaban J connectivity index is 1.93. The van der Waals surface area contributed by atoms with Crippen molar-refractivity contribution in [1.29, 1.82) is 0 Å². The Morgan fingerprint density at radius 1 is 1.48 bits per heavy atom. The van der Waals surface area contributed by atoms with E-state index in [-0.39, 0.29) is 23.1 Å². The summed E-state index contributed by atoms with van der Waals surface area (Å²) < 4.78 is 0. The molecule has 0 radical (unpaired) electrons. The highest BCUT2D eigenvalue weighted by Gasteiger charge is 2.36. The highest BCUT2D eigenvalue weighted by atomic mass is 16.4. The molecule has 3 N–H and O–H groups in total. The first-order valence-corrected chi connectivity index (χ1v) is 7.09. The molecule has 1 fully saturated rings. The lowest BCUT2D eigenvalue weighted by Gasteiger charge is -2.38. The minimum absolute atomic E-state index is 0.000145. The maximum atomic E-state index is 12.3. The summed E-state index contributed by atoms with van der Waals surface area (Å²) in [6.07, 6.45) is 3.58. The lowest BCUT2D eigenvalue weighted by molar-refractivity contribution is -0.126. The molecule has 0 aliphatic carbocycles. The number of aromatic carboxylic acids is 1. The molecule has 2 rings (SSSR count). The predicted octanol–water partition coefficient (Wildman–Crippen LogP) is 1.17. The van der Waals surface area contributed by atoms with Crippen LogP contribution in [0.5, 0.6) is 0 Å². The molecule has 114 valence electrons. The third-order valence-electron chi connectivity index (χ3n) is 3.90. The van der Waals surface area contributed by atoms with Crippen molar-refractivity contribution in [3.8, 4) is 0 Å². The summed E-state index contributed by atoms with van der Waals surface area (Å²) in [5, 5.41) is 14.9. The molecule has 6 heteroatoms. The fourth-order valence-electron chi connectivity index (χ4n) is 2.61. The van der Waals surface area contributed by atoms with Gasteiger partial charge in [0.1, 0.15) is 5.69 Å². The van der Waals surface area contributed by atoms with Crippen LogP contribution in [-0.4, -0.2) is 34.6 Å². The molecule has 2 heterocycles. The zero-order chi connectivity index (χ0) is 15.5. The summed E-state index contributed by atoms with van der Waals surface area (Å²) >= 11 is 0. The van der Waals surface area contributed by atoms with Crippen LogP contribution in [0.1, 0.15) is 42.7 Å². The van der Waals surface area contributed by atoms with Gasteiger partial charge in [0.2, 0.25) is 5.91 Å². The largest absolute Gasteiger partial charge is 0.477 e. The van der Waals surface area contributed by atoms with Crippen LogP contribution in [0.2, 0.25) is 0 Å². The van der Waals surface area contributed by atoms with E-state index < -0.39 is 5.97 Å². The van der Waals surface area contributed by atoms with Crippen molar-refractivity contribution in [1.82, 2.24) is 15.6 Å². The number of rotatable bonds is 4. The number of amides is 1. The zero-order valence-electron chi connectivity index (χ0n) is 12.3. The maximum absolute atomic E-state index is 12.3. The predicted molar refractivity (Wildman–Crippen MR) is 77.8 cm³/mol. The second-order valence-electron chi connectivity index (χ2n) is 6.05. The van der Waals surface area contributed by atoms with Gasteiger partial charge < -0.3 is 15.7 Å². The Labute approximate surface area is 124 Å². The fraction of sp³-hybridized carbons (Fsp3) is 0.533. The van der Waals surface area contributed by atoms with Gasteiger partial charge in [-0.3, -0.25) is 4.79 Å². The Hall–Kier alpha value is -1.95. The standard InChI is InChI=1S/C15H21N3O3/c1-15(2)6-3-7-16-12(15)13(19)18-9-10-4-5-11(14(20)21)17-8-10/h4-5,8,12,16H,3,6-7,9H2,1-2H3,(H,18,19)(H,20,21). The summed E-state index contributed by atoms with van der Waals surface area (Å²) in [5.74, 6) is -1.08. The summed E-state index contributed by atoms with van der Waals surface area (Å²) in [5.41, 5.74) is 0.718. The van der Waals surface area contributed by atoms with Crippen molar-refractivity contribution < 1.29 is 14.7 Å². The molecule has 0 spiro atoms. The monoisotopic (exact) mass is 291 g/mol. The van der Waals surface area contributed by atoms with E-state index in [9.17, 15) is 9.59 Å². The molecule has 1 saturated heterocycles. The quantitative estimate of drug-likeness (QED) is 0.774. The van der Waals surface area contributed by atoms with Gasteiger partial charge in [-0.15, -0.1) is 0 Å². The molecular formula is C15H21N3O3. The second-order valence-corrected chi connectivity index (χ2v) is 6.05. The zero-order valence-corrected chi connectivity index (χ0v) is 12.3. The number of carbonyl (C=O) groups excluding carboxylic acids is 1. The third-order valence-corrected chi connectivity index (χ3v) is 3.90. The van der Waals surface area contributed by atoms with Crippen LogP contribution in [0.25, 0.3) is 0 Å². The van der Waals surface area contributed by atoms with E-state index in [1.807, 2.05) is 0 Å². The van der Waals surface area contributed by atoms with E-state index >= 15 is 0 Å². The van der Waals surface area contributed by atoms with Crippen molar-refractivity contribution in [2.24, 2.45) is 5.41 Å². The molecule has 1 aliphatic rings. The van der Waals surface area contributed by atoms with E-state index in [1.54, 1.807) is 6.07 Å². The Morgan fingerprint density at radius 3 is 2.81 bits per heavy atom. The summed E-state index contributed by atoms with van der Waals surface area (Å²) in [6.45, 7) is 5.38. The van der Waals surface area contributed by atoms with Gasteiger partial charge in [0.15, 0.2) is 0 Å². The van der Waals surface area contributed by atoms with Crippen LogP contribution in [0.15, 0.2) is 18.3 Å². The second kappa shape index (κ2) is 6.22. The van der Waals surface area contributed by atoms with Gasteiger partial charge in [0, 0.05) is 12.7 Å². The van der Waals surface area contributed by atoms with E-state index in [0.717, 1.165) is 24.9 Å². The number of nitrogens with one attached hydrogen (secondary N) is 2. The normalized spacial score (nSPS) is 20.8. The number of aromatic nitrogens is 1. The van der Waals surface area contributed by atoms with Gasteiger partial charge in [0.05, 0.1) is 6.04 Å². The molecule has 0 saturated carbocycles. The minimum Gasteiger partial charge on any atom is -0.477 e. The number of nitrogens with zero attached hydrogens (tertiary/aromatic N) is 1. The molecule has 1 aromatic heterocycles. The van der Waals surface area contributed by atoms with Gasteiger partial charge in [-0.1, -0.05) is 19.9 Å². The van der Waals surface area contributed by atoms with Crippen molar-refractivity contribution in [3.63, 3.8) is 0 Å². The molecule has 6 nitrogen and oxygen atoms in total. The van der Waals surface area contributed by atoms with Crippen LogP contribution in [-0.2, 0) is 11.3 Å². The molecule has 0 bridgehead atoms. The average molecular weight is 291 g/mol. The molecule has 1 amide bonds. The maximum Gasteiger partial charge on any atom is 0.354 e. The van der Waals surface area contributed by atoms with Gasteiger partial charge in [-0.25, -0.2) is 9.78 Å². The number of hydrogen-bond acceptors (Lipinski definition) is 4. The third kappa shape index (κ3) is 3.78. The lowest BCUT2D eigenvalue weighted by atomic mass is 9.77. The minimum atomic E-state index is -1.06. The fourth-order valence-corrected chi connectivity index (χ4v) is 2.61. The van der Waals surface area contributed by atoms with Gasteiger partial charge in [-0.05, 0) is 36.4 Å². The summed E-state index contributed by atoms with van der Waals surface area (Å²) in [7, 11) is 0. The van der Waals surface area contributed by atoms with Crippen LogP contribution in [0.3, 0.4) is 0 Å². The first-order chi connectivity index (χ1) is 9.90. The summed E-state index contributed by atoms with van der Waals surface area (Å²) in [4.78, 5) is 26.8. The highest BCUT2D eigenvalue weighted by Crippen LogP contribution is 2.30. The van der Waals surface area contributed by atoms with Gasteiger partial charge >= 0.3 is 5.97 Å². The first kappa shape index (κ1) is 15.4. The topological polar surface area (TPSA) is 91.3 Å². The molecule has 1 aliphatic heterocycles. The van der Waals surface area contributed by atoms with E-state index in [4.69, 9.17) is 5.11 Å². The molecule has 1 atom stereocenters. The number of carboxylic acids is 1. The van der Waals surface area contributed by atoms with Crippen LogP contribution in [0, 0.1) is 5.41 Å². The number of carboxylic acid groups (broad SMARTS) is 1. The highest BCUT2D eigenvalue weighted by molar-refractivity contribution is 5.85. The van der Waals surface area contributed by atoms with Crippen molar-refractivity contribution in [2.45, 2.75) is 39.3 Å². The SMILES string of the molecule is CC1(C)CCCNC1C(=O)NCc1ccc(C(=O)O)nc1. The Bertz CT molecular complexity index is 525. The van der Waals surface area contributed by atoms with Gasteiger partial charge in [-0.2, -0.15) is 0 Å². The van der Waals surface area contributed by atoms with E-state index in [2.05, 4.69) is 29.5 Å². The van der Waals surface area contributed by atoms with Crippen LogP contribution < -0.4 is 10.6 Å². The molecule has 1 aromatic rings. The van der Waals surface area contributed by atoms with Crippen LogP contribution in [0.4, 0.5) is 0 Å². The number of piperidine rings is 1. The molecule has 21 heavy (non-hydrogen) atoms. The average Bonchev–Trinajstić information content (AvgIpc) is 2.44. The molecule has 1 unspecified atom stereocenters. The Morgan fingerprint density at radius 2 is 2.24 bits per heavy atom. The smallest absolute Gasteiger partial charge is 0.354 e. The molecule has 0 aromatic carbocycles. The van der Waals surface area contributed by atoms with Crippen molar-refractivity contribution >= 4 is 11.9 Å². The molecular weight excluding hydrogens is 270 g/mol. The van der Waals surface area contributed by atoms with Crippen LogP contribution >= 0.6 is 0 Å². The number of hydrogen-bond donors (Lipinski definition) is 3. The van der Waals surface area contributed by atoms with Crippen molar-refractivity contribution in [2.75, 3.05) is 6.54 Å². The van der Waals surface area contributed by atoms with Crippen molar-refractivity contribution in [3.05, 3.63) is 29.6 Å².